The Morgan fingerprint density at radius 3 is 3.00 bits per heavy atom. The number of likely N-dealkylation sites (tertiary alicyclic amines) is 1. The van der Waals surface area contributed by atoms with Gasteiger partial charge in [0.1, 0.15) is 11.4 Å². The van der Waals surface area contributed by atoms with Crippen LogP contribution in [-0.4, -0.2) is 52.2 Å². The Bertz CT molecular complexity index is 1060. The van der Waals surface area contributed by atoms with E-state index in [0.29, 0.717) is 11.8 Å². The standard InChI is InChI=1S/C24H31N5O2/c1-16-26-13-18-4-9-31-24(22(18)27-16)5-7-28(8-6-24)15-19-2-3-21-20-10-17(11-25-12-20)14-29(21)23(19)30/h2-3,13,17,20,25H,4-12,14-15H2,1H3/t17-,20+/m0/s1. The molecule has 164 valence electrons. The Morgan fingerprint density at radius 1 is 1.26 bits per heavy atom. The molecule has 0 unspecified atom stereocenters. The molecule has 6 heterocycles. The topological polar surface area (TPSA) is 72.3 Å². The van der Waals surface area contributed by atoms with Crippen molar-refractivity contribution in [3.05, 3.63) is 57.0 Å². The summed E-state index contributed by atoms with van der Waals surface area (Å²) in [5.41, 5.74) is 4.41. The van der Waals surface area contributed by atoms with Gasteiger partial charge in [-0.05, 0) is 56.7 Å². The Morgan fingerprint density at radius 2 is 2.13 bits per heavy atom. The van der Waals surface area contributed by atoms with Crippen LogP contribution in [-0.2, 0) is 29.8 Å². The normalized spacial score (nSPS) is 27.0. The molecule has 0 aromatic carbocycles. The number of rotatable bonds is 2. The molecular weight excluding hydrogens is 390 g/mol. The van der Waals surface area contributed by atoms with Crippen molar-refractivity contribution in [2.45, 2.75) is 57.2 Å². The molecule has 6 rings (SSSR count). The first kappa shape index (κ1) is 19.6. The number of aromatic nitrogens is 3. The summed E-state index contributed by atoms with van der Waals surface area (Å²) in [4.78, 5) is 24.9. The van der Waals surface area contributed by atoms with Crippen LogP contribution in [0.15, 0.2) is 23.1 Å². The summed E-state index contributed by atoms with van der Waals surface area (Å²) in [6.45, 7) is 8.13. The second kappa shape index (κ2) is 7.50. The number of hydrogen-bond acceptors (Lipinski definition) is 6. The van der Waals surface area contributed by atoms with E-state index in [4.69, 9.17) is 9.72 Å². The van der Waals surface area contributed by atoms with E-state index in [1.54, 1.807) is 0 Å². The van der Waals surface area contributed by atoms with Gasteiger partial charge in [-0.2, -0.15) is 0 Å². The Labute approximate surface area is 182 Å². The van der Waals surface area contributed by atoms with Gasteiger partial charge >= 0.3 is 0 Å². The molecule has 2 saturated heterocycles. The highest BCUT2D eigenvalue weighted by Crippen LogP contribution is 2.40. The Kier molecular flexibility index (Phi) is 4.74. The van der Waals surface area contributed by atoms with E-state index in [2.05, 4.69) is 31.9 Å². The van der Waals surface area contributed by atoms with Crippen LogP contribution in [0.3, 0.4) is 0 Å². The number of piperidine rings is 2. The average molecular weight is 422 g/mol. The van der Waals surface area contributed by atoms with Crippen LogP contribution >= 0.6 is 0 Å². The minimum atomic E-state index is -0.285. The molecule has 4 aliphatic rings. The highest BCUT2D eigenvalue weighted by atomic mass is 16.5. The van der Waals surface area contributed by atoms with Gasteiger partial charge in [0.15, 0.2) is 0 Å². The van der Waals surface area contributed by atoms with Crippen molar-refractivity contribution < 1.29 is 4.74 Å². The number of ether oxygens (including phenoxy) is 1. The molecule has 31 heavy (non-hydrogen) atoms. The first-order valence-corrected chi connectivity index (χ1v) is 11.7. The van der Waals surface area contributed by atoms with Gasteiger partial charge in [-0.15, -0.1) is 0 Å². The molecule has 2 bridgehead atoms. The van der Waals surface area contributed by atoms with Gasteiger partial charge in [-0.25, -0.2) is 9.97 Å². The highest BCUT2D eigenvalue weighted by Gasteiger charge is 2.42. The summed E-state index contributed by atoms with van der Waals surface area (Å²) in [5, 5.41) is 3.52. The smallest absolute Gasteiger partial charge is 0.255 e. The molecule has 0 radical (unpaired) electrons. The maximum atomic E-state index is 13.3. The van der Waals surface area contributed by atoms with E-state index in [1.165, 1.54) is 17.7 Å². The van der Waals surface area contributed by atoms with Crippen molar-refractivity contribution in [2.75, 3.05) is 32.8 Å². The van der Waals surface area contributed by atoms with Crippen molar-refractivity contribution in [1.82, 2.24) is 24.8 Å². The van der Waals surface area contributed by atoms with Gasteiger partial charge in [-0.1, -0.05) is 6.07 Å². The largest absolute Gasteiger partial charge is 0.368 e. The minimum absolute atomic E-state index is 0.219. The van der Waals surface area contributed by atoms with Gasteiger partial charge in [0.05, 0.1) is 12.3 Å². The second-order valence-electron chi connectivity index (χ2n) is 9.82. The zero-order chi connectivity index (χ0) is 21.0. The zero-order valence-electron chi connectivity index (χ0n) is 18.3. The lowest BCUT2D eigenvalue weighted by atomic mass is 9.83. The first-order valence-electron chi connectivity index (χ1n) is 11.7. The predicted octanol–water partition coefficient (Wildman–Crippen LogP) is 1.72. The number of aryl methyl sites for hydroxylation is 1. The molecule has 0 saturated carbocycles. The van der Waals surface area contributed by atoms with Crippen LogP contribution in [0.25, 0.3) is 0 Å². The molecule has 1 spiro atoms. The quantitative estimate of drug-likeness (QED) is 0.796. The molecule has 2 atom stereocenters. The van der Waals surface area contributed by atoms with E-state index >= 15 is 0 Å². The number of hydrogen-bond donors (Lipinski definition) is 1. The van der Waals surface area contributed by atoms with E-state index < -0.39 is 0 Å². The summed E-state index contributed by atoms with van der Waals surface area (Å²) in [5.74, 6) is 1.88. The van der Waals surface area contributed by atoms with Gasteiger partial charge in [-0.3, -0.25) is 9.69 Å². The number of nitrogens with zero attached hydrogens (tertiary/aromatic N) is 4. The van der Waals surface area contributed by atoms with Gasteiger partial charge in [0.2, 0.25) is 0 Å². The summed E-state index contributed by atoms with van der Waals surface area (Å²) >= 11 is 0. The van der Waals surface area contributed by atoms with Crippen molar-refractivity contribution in [3.63, 3.8) is 0 Å². The van der Waals surface area contributed by atoms with E-state index in [-0.39, 0.29) is 11.2 Å². The first-order chi connectivity index (χ1) is 15.1. The van der Waals surface area contributed by atoms with Crippen LogP contribution in [0.5, 0.6) is 0 Å². The van der Waals surface area contributed by atoms with Crippen molar-refractivity contribution >= 4 is 0 Å². The molecule has 2 aromatic heterocycles. The fraction of sp³-hybridized carbons (Fsp3) is 0.625. The zero-order valence-corrected chi connectivity index (χ0v) is 18.3. The third-order valence-electron chi connectivity index (χ3n) is 7.81. The molecular formula is C24H31N5O2. The lowest BCUT2D eigenvalue weighted by Crippen LogP contribution is -2.48. The molecule has 1 N–H and O–H groups in total. The lowest BCUT2D eigenvalue weighted by molar-refractivity contribution is -0.102. The van der Waals surface area contributed by atoms with Crippen molar-refractivity contribution in [3.8, 4) is 0 Å². The van der Waals surface area contributed by atoms with Gasteiger partial charge < -0.3 is 14.6 Å². The predicted molar refractivity (Wildman–Crippen MR) is 117 cm³/mol. The van der Waals surface area contributed by atoms with Crippen LogP contribution in [0.4, 0.5) is 0 Å². The molecule has 2 fully saturated rings. The fourth-order valence-electron chi connectivity index (χ4n) is 6.15. The van der Waals surface area contributed by atoms with E-state index in [1.807, 2.05) is 13.1 Å². The van der Waals surface area contributed by atoms with Crippen LogP contribution in [0.1, 0.15) is 53.5 Å². The van der Waals surface area contributed by atoms with Gasteiger partial charge in [0.25, 0.3) is 5.56 Å². The van der Waals surface area contributed by atoms with E-state index in [0.717, 1.165) is 82.2 Å². The second-order valence-corrected chi connectivity index (χ2v) is 9.82. The third kappa shape index (κ3) is 3.34. The van der Waals surface area contributed by atoms with Crippen molar-refractivity contribution in [1.29, 1.82) is 0 Å². The van der Waals surface area contributed by atoms with Crippen molar-refractivity contribution in [2.24, 2.45) is 5.92 Å². The van der Waals surface area contributed by atoms with Gasteiger partial charge in [0, 0.05) is 56.1 Å². The SMILES string of the molecule is Cc1ncc2c(n1)C1(CCN(Cc3ccc4n(c3=O)C[C@@H]3CNC[C@H]4C3)CC1)OCC2. The van der Waals surface area contributed by atoms with Crippen LogP contribution in [0.2, 0.25) is 0 Å². The number of nitrogens with one attached hydrogen (secondary N) is 1. The summed E-state index contributed by atoms with van der Waals surface area (Å²) in [6, 6.07) is 4.28. The number of pyridine rings is 1. The fourth-order valence-corrected chi connectivity index (χ4v) is 6.15. The molecule has 4 aliphatic heterocycles. The molecule has 7 heteroatoms. The van der Waals surface area contributed by atoms with E-state index in [9.17, 15) is 4.79 Å². The van der Waals surface area contributed by atoms with Crippen LogP contribution < -0.4 is 10.9 Å². The highest BCUT2D eigenvalue weighted by molar-refractivity contribution is 5.28. The molecule has 2 aromatic rings. The average Bonchev–Trinajstić information content (AvgIpc) is 2.78. The minimum Gasteiger partial charge on any atom is -0.368 e. The monoisotopic (exact) mass is 421 g/mol. The molecule has 0 amide bonds. The molecule has 7 nitrogen and oxygen atoms in total. The maximum Gasteiger partial charge on any atom is 0.255 e. The third-order valence-corrected chi connectivity index (χ3v) is 7.81. The van der Waals surface area contributed by atoms with Crippen LogP contribution in [0, 0.1) is 12.8 Å². The number of fused-ring (bicyclic) bond motifs is 6. The Balaban J connectivity index is 1.20. The lowest BCUT2D eigenvalue weighted by Gasteiger charge is -2.44. The summed E-state index contributed by atoms with van der Waals surface area (Å²) in [7, 11) is 0. The summed E-state index contributed by atoms with van der Waals surface area (Å²) < 4.78 is 8.41. The molecule has 0 aliphatic carbocycles. The summed E-state index contributed by atoms with van der Waals surface area (Å²) in [6.07, 6.45) is 5.92. The maximum absolute atomic E-state index is 13.3. The Hall–Kier alpha value is -2.09.